The summed E-state index contributed by atoms with van der Waals surface area (Å²) in [5.74, 6) is -0.607. The zero-order chi connectivity index (χ0) is 12.2. The number of piperidine rings is 1. The van der Waals surface area contributed by atoms with Gasteiger partial charge in [-0.25, -0.2) is 4.79 Å². The van der Waals surface area contributed by atoms with Gasteiger partial charge in [0.15, 0.2) is 5.60 Å². The number of likely N-dealkylation sites (N-methyl/N-ethyl adjacent to an activating group) is 1. The van der Waals surface area contributed by atoms with Crippen LogP contribution in [-0.2, 0) is 4.79 Å². The number of carboxylic acid groups (broad SMARTS) is 1. The van der Waals surface area contributed by atoms with Crippen LogP contribution in [0.2, 0.25) is 0 Å². The van der Waals surface area contributed by atoms with Gasteiger partial charge in [0.25, 0.3) is 0 Å². The molecule has 0 radical (unpaired) electrons. The maximum absolute atomic E-state index is 10.8. The third-order valence-corrected chi connectivity index (χ3v) is 3.01. The van der Waals surface area contributed by atoms with E-state index in [-0.39, 0.29) is 6.54 Å². The highest BCUT2D eigenvalue weighted by atomic mass is 16.4. The molecule has 5 nitrogen and oxygen atoms in total. The number of hydrogen-bond acceptors (Lipinski definition) is 4. The Morgan fingerprint density at radius 3 is 2.81 bits per heavy atom. The minimum absolute atomic E-state index is 0.166. The van der Waals surface area contributed by atoms with Gasteiger partial charge < -0.3 is 20.4 Å². The Hall–Kier alpha value is -0.650. The van der Waals surface area contributed by atoms with E-state index in [2.05, 4.69) is 5.32 Å². The lowest BCUT2D eigenvalue weighted by atomic mass is 9.98. The molecule has 1 heterocycles. The fourth-order valence-corrected chi connectivity index (χ4v) is 2.18. The molecule has 0 aromatic rings. The molecule has 2 atom stereocenters. The van der Waals surface area contributed by atoms with Crippen LogP contribution in [0.15, 0.2) is 0 Å². The van der Waals surface area contributed by atoms with E-state index >= 15 is 0 Å². The van der Waals surface area contributed by atoms with Gasteiger partial charge in [-0.1, -0.05) is 0 Å². The average molecular weight is 230 g/mol. The first-order valence-corrected chi connectivity index (χ1v) is 5.77. The fourth-order valence-electron chi connectivity index (χ4n) is 2.18. The topological polar surface area (TPSA) is 72.8 Å². The minimum Gasteiger partial charge on any atom is -0.479 e. The largest absolute Gasteiger partial charge is 0.479 e. The van der Waals surface area contributed by atoms with E-state index in [4.69, 9.17) is 5.11 Å². The van der Waals surface area contributed by atoms with Crippen LogP contribution in [0.3, 0.4) is 0 Å². The Bertz CT molecular complexity index is 237. The highest BCUT2D eigenvalue weighted by Crippen LogP contribution is 2.13. The normalized spacial score (nSPS) is 25.4. The summed E-state index contributed by atoms with van der Waals surface area (Å²) in [5, 5.41) is 21.8. The minimum atomic E-state index is -1.66. The van der Waals surface area contributed by atoms with Gasteiger partial charge in [0.2, 0.25) is 0 Å². The van der Waals surface area contributed by atoms with E-state index in [0.717, 1.165) is 19.6 Å². The molecule has 3 N–H and O–H groups in total. The van der Waals surface area contributed by atoms with Crippen molar-refractivity contribution in [1.82, 2.24) is 10.2 Å². The van der Waals surface area contributed by atoms with E-state index < -0.39 is 11.6 Å². The summed E-state index contributed by atoms with van der Waals surface area (Å²) in [7, 11) is 1.85. The van der Waals surface area contributed by atoms with E-state index in [1.165, 1.54) is 19.8 Å². The number of nitrogens with one attached hydrogen (secondary N) is 1. The van der Waals surface area contributed by atoms with Gasteiger partial charge in [-0.2, -0.15) is 0 Å². The number of carbonyl (C=O) groups is 1. The van der Waals surface area contributed by atoms with E-state index in [0.29, 0.717) is 5.92 Å². The first-order chi connectivity index (χ1) is 7.42. The molecule has 0 saturated carbocycles. The molecular weight excluding hydrogens is 208 g/mol. The summed E-state index contributed by atoms with van der Waals surface area (Å²) in [6.07, 6.45) is 2.35. The molecule has 0 bridgehead atoms. The van der Waals surface area contributed by atoms with Crippen LogP contribution in [0.25, 0.3) is 0 Å². The molecule has 0 aromatic carbocycles. The summed E-state index contributed by atoms with van der Waals surface area (Å²) in [4.78, 5) is 12.7. The smallest absolute Gasteiger partial charge is 0.336 e. The summed E-state index contributed by atoms with van der Waals surface area (Å²) in [5.41, 5.74) is -1.66. The summed E-state index contributed by atoms with van der Waals surface area (Å²) >= 11 is 0. The van der Waals surface area contributed by atoms with E-state index in [1.807, 2.05) is 11.9 Å². The van der Waals surface area contributed by atoms with Crippen molar-refractivity contribution in [2.45, 2.75) is 25.4 Å². The number of nitrogens with zero attached hydrogens (tertiary/aromatic N) is 1. The highest BCUT2D eigenvalue weighted by Gasteiger charge is 2.31. The molecule has 5 heteroatoms. The summed E-state index contributed by atoms with van der Waals surface area (Å²) in [6, 6.07) is 0. The summed E-state index contributed by atoms with van der Waals surface area (Å²) in [6.45, 7) is 4.40. The monoisotopic (exact) mass is 230 g/mol. The molecule has 1 aliphatic rings. The fraction of sp³-hybridized carbons (Fsp3) is 0.909. The van der Waals surface area contributed by atoms with Crippen LogP contribution in [0, 0.1) is 5.92 Å². The molecule has 16 heavy (non-hydrogen) atoms. The zero-order valence-electron chi connectivity index (χ0n) is 10.1. The molecule has 94 valence electrons. The van der Waals surface area contributed by atoms with Crippen LogP contribution in [0.1, 0.15) is 19.8 Å². The van der Waals surface area contributed by atoms with Crippen molar-refractivity contribution in [2.24, 2.45) is 5.92 Å². The van der Waals surface area contributed by atoms with Crippen molar-refractivity contribution in [3.05, 3.63) is 0 Å². The second-order valence-corrected chi connectivity index (χ2v) is 4.99. The van der Waals surface area contributed by atoms with Gasteiger partial charge in [-0.3, -0.25) is 0 Å². The lowest BCUT2D eigenvalue weighted by Gasteiger charge is -2.30. The lowest BCUT2D eigenvalue weighted by Crippen LogP contribution is -2.47. The molecule has 1 aliphatic heterocycles. The first kappa shape index (κ1) is 13.4. The Kier molecular flexibility index (Phi) is 4.70. The molecule has 0 spiro atoms. The Morgan fingerprint density at radius 1 is 1.62 bits per heavy atom. The molecule has 0 amide bonds. The van der Waals surface area contributed by atoms with Crippen molar-refractivity contribution in [1.29, 1.82) is 0 Å². The van der Waals surface area contributed by atoms with Gasteiger partial charge >= 0.3 is 5.97 Å². The van der Waals surface area contributed by atoms with Crippen molar-refractivity contribution < 1.29 is 15.0 Å². The zero-order valence-corrected chi connectivity index (χ0v) is 10.1. The van der Waals surface area contributed by atoms with E-state index in [9.17, 15) is 9.90 Å². The third kappa shape index (κ3) is 4.08. The molecule has 0 aromatic heterocycles. The predicted molar refractivity (Wildman–Crippen MR) is 61.4 cm³/mol. The Morgan fingerprint density at radius 2 is 2.31 bits per heavy atom. The van der Waals surface area contributed by atoms with Crippen LogP contribution in [-0.4, -0.2) is 59.9 Å². The lowest BCUT2D eigenvalue weighted by molar-refractivity contribution is -0.158. The second kappa shape index (κ2) is 5.61. The maximum Gasteiger partial charge on any atom is 0.336 e. The number of aliphatic carboxylic acids is 1. The van der Waals surface area contributed by atoms with Crippen molar-refractivity contribution in [2.75, 3.05) is 33.2 Å². The van der Waals surface area contributed by atoms with E-state index in [1.54, 1.807) is 0 Å². The third-order valence-electron chi connectivity index (χ3n) is 3.01. The predicted octanol–water partition coefficient (Wildman–Crippen LogP) is -0.247. The number of hydrogen-bond donors (Lipinski definition) is 3. The van der Waals surface area contributed by atoms with Gasteiger partial charge in [0.05, 0.1) is 0 Å². The standard InChI is InChI=1S/C11H22N2O3/c1-11(16,10(14)15)8-13(2)7-9-4-3-5-12-6-9/h9,12,16H,3-8H2,1-2H3,(H,14,15). The Labute approximate surface area is 96.4 Å². The van der Waals surface area contributed by atoms with Crippen LogP contribution in [0.5, 0.6) is 0 Å². The van der Waals surface area contributed by atoms with Crippen molar-refractivity contribution >= 4 is 5.97 Å². The number of carboxylic acids is 1. The summed E-state index contributed by atoms with van der Waals surface area (Å²) < 4.78 is 0. The highest BCUT2D eigenvalue weighted by molar-refractivity contribution is 5.76. The quantitative estimate of drug-likeness (QED) is 0.607. The van der Waals surface area contributed by atoms with Crippen molar-refractivity contribution in [3.63, 3.8) is 0 Å². The first-order valence-electron chi connectivity index (χ1n) is 5.77. The van der Waals surface area contributed by atoms with Gasteiger partial charge in [0, 0.05) is 13.1 Å². The maximum atomic E-state index is 10.8. The van der Waals surface area contributed by atoms with Crippen LogP contribution < -0.4 is 5.32 Å². The molecule has 1 saturated heterocycles. The molecule has 1 rings (SSSR count). The Balaban J connectivity index is 2.34. The van der Waals surface area contributed by atoms with Crippen LogP contribution in [0.4, 0.5) is 0 Å². The van der Waals surface area contributed by atoms with Crippen molar-refractivity contribution in [3.8, 4) is 0 Å². The van der Waals surface area contributed by atoms with Gasteiger partial charge in [-0.05, 0) is 45.8 Å². The SMILES string of the molecule is CN(CC1CCCNC1)CC(C)(O)C(=O)O. The second-order valence-electron chi connectivity index (χ2n) is 4.99. The molecule has 1 fully saturated rings. The number of aliphatic hydroxyl groups is 1. The number of rotatable bonds is 5. The molecule has 2 unspecified atom stereocenters. The average Bonchev–Trinajstić information content (AvgIpc) is 2.17. The van der Waals surface area contributed by atoms with Gasteiger partial charge in [-0.15, -0.1) is 0 Å². The van der Waals surface area contributed by atoms with Gasteiger partial charge in [0.1, 0.15) is 0 Å². The van der Waals surface area contributed by atoms with Crippen LogP contribution >= 0.6 is 0 Å². The molecule has 0 aliphatic carbocycles. The molecular formula is C11H22N2O3.